The van der Waals surface area contributed by atoms with Crippen molar-refractivity contribution in [1.82, 2.24) is 0 Å². The van der Waals surface area contributed by atoms with Crippen LogP contribution in [0.15, 0.2) is 30.3 Å². The number of alkyl halides is 1. The zero-order chi connectivity index (χ0) is 13.8. The molecular formula is C18H30FNa. The molecule has 1 unspecified atom stereocenters. The van der Waals surface area contributed by atoms with Crippen LogP contribution in [-0.4, -0.2) is 29.6 Å². The fourth-order valence-corrected chi connectivity index (χ4v) is 2.46. The summed E-state index contributed by atoms with van der Waals surface area (Å²) in [5, 5.41) is 0. The molecule has 0 radical (unpaired) electrons. The fourth-order valence-electron chi connectivity index (χ4n) is 2.46. The predicted octanol–water partition coefficient (Wildman–Crippen LogP) is 5.97. The first-order valence-corrected chi connectivity index (χ1v) is 8.03. The minimum atomic E-state index is -0.772. The summed E-state index contributed by atoms with van der Waals surface area (Å²) in [5.41, 5.74) is 0.835. The van der Waals surface area contributed by atoms with Crippen LogP contribution in [0.25, 0.3) is 0 Å². The Hall–Kier alpha value is 0.150. The Morgan fingerprint density at radius 1 is 0.800 bits per heavy atom. The molecule has 1 rings (SSSR count). The zero-order valence-corrected chi connectivity index (χ0v) is 12.4. The molecule has 0 aromatic heterocycles. The molecule has 0 bridgehead atoms. The van der Waals surface area contributed by atoms with Crippen molar-refractivity contribution in [3.05, 3.63) is 35.9 Å². The van der Waals surface area contributed by atoms with E-state index in [4.69, 9.17) is 0 Å². The quantitative estimate of drug-likeness (QED) is 0.347. The molecule has 2 heteroatoms. The van der Waals surface area contributed by atoms with E-state index in [9.17, 15) is 4.39 Å². The van der Waals surface area contributed by atoms with E-state index < -0.39 is 6.17 Å². The molecule has 0 saturated heterocycles. The van der Waals surface area contributed by atoms with Crippen molar-refractivity contribution < 1.29 is 4.39 Å². The first-order chi connectivity index (χ1) is 9.34. The molecular weight excluding hydrogens is 258 g/mol. The molecule has 0 aliphatic heterocycles. The SMILES string of the molecule is CCCCCCCCCCCC(F)c1ccccc1.[NaH]. The molecule has 0 nitrogen and oxygen atoms in total. The molecule has 20 heavy (non-hydrogen) atoms. The van der Waals surface area contributed by atoms with Gasteiger partial charge in [0.1, 0.15) is 6.17 Å². The minimum absolute atomic E-state index is 0. The van der Waals surface area contributed by atoms with Gasteiger partial charge in [-0.25, -0.2) is 4.39 Å². The van der Waals surface area contributed by atoms with E-state index in [0.29, 0.717) is 6.42 Å². The molecule has 110 valence electrons. The summed E-state index contributed by atoms with van der Waals surface area (Å²) in [6.45, 7) is 2.25. The molecule has 1 atom stereocenters. The number of hydrogen-bond donors (Lipinski definition) is 0. The standard InChI is InChI=1S/C18H29F.Na.H/c1-2-3-4-5-6-7-8-9-13-16-18(19)17-14-11-10-12-15-17;;/h10-12,14-15,18H,2-9,13,16H2,1H3;;. The molecule has 0 saturated carbocycles. The van der Waals surface area contributed by atoms with E-state index in [0.717, 1.165) is 12.0 Å². The third kappa shape index (κ3) is 9.96. The molecule has 0 amide bonds. The zero-order valence-electron chi connectivity index (χ0n) is 12.4. The molecule has 0 spiro atoms. The summed E-state index contributed by atoms with van der Waals surface area (Å²) in [5.74, 6) is 0. The van der Waals surface area contributed by atoms with Gasteiger partial charge in [0, 0.05) is 0 Å². The summed E-state index contributed by atoms with van der Waals surface area (Å²) < 4.78 is 13.8. The predicted molar refractivity (Wildman–Crippen MR) is 89.3 cm³/mol. The van der Waals surface area contributed by atoms with Gasteiger partial charge >= 0.3 is 29.6 Å². The summed E-state index contributed by atoms with van der Waals surface area (Å²) in [6, 6.07) is 9.54. The average Bonchev–Trinajstić information content (AvgIpc) is 2.46. The van der Waals surface area contributed by atoms with Gasteiger partial charge in [-0.15, -0.1) is 0 Å². The molecule has 1 aromatic carbocycles. The van der Waals surface area contributed by atoms with Gasteiger partial charge < -0.3 is 0 Å². The molecule has 0 aliphatic carbocycles. The first-order valence-electron chi connectivity index (χ1n) is 8.03. The van der Waals surface area contributed by atoms with Crippen molar-refractivity contribution in [3.63, 3.8) is 0 Å². The summed E-state index contributed by atoms with van der Waals surface area (Å²) in [6.07, 6.45) is 11.5. The Bertz CT molecular complexity index is 300. The number of hydrogen-bond acceptors (Lipinski definition) is 0. The van der Waals surface area contributed by atoms with Gasteiger partial charge in [-0.05, 0) is 12.0 Å². The van der Waals surface area contributed by atoms with E-state index in [1.54, 1.807) is 0 Å². The summed E-state index contributed by atoms with van der Waals surface area (Å²) in [7, 11) is 0. The van der Waals surface area contributed by atoms with E-state index in [2.05, 4.69) is 6.92 Å². The van der Waals surface area contributed by atoms with Crippen LogP contribution in [0.5, 0.6) is 0 Å². The maximum absolute atomic E-state index is 13.8. The van der Waals surface area contributed by atoms with Gasteiger partial charge in [0.15, 0.2) is 0 Å². The third-order valence-electron chi connectivity index (χ3n) is 3.72. The molecule has 0 aliphatic rings. The van der Waals surface area contributed by atoms with Crippen LogP contribution < -0.4 is 0 Å². The van der Waals surface area contributed by atoms with Crippen LogP contribution in [0, 0.1) is 0 Å². The van der Waals surface area contributed by atoms with Crippen LogP contribution in [0.3, 0.4) is 0 Å². The number of benzene rings is 1. The summed E-state index contributed by atoms with van der Waals surface area (Å²) in [4.78, 5) is 0. The van der Waals surface area contributed by atoms with Crippen LogP contribution in [0.2, 0.25) is 0 Å². The van der Waals surface area contributed by atoms with Crippen molar-refractivity contribution in [2.75, 3.05) is 0 Å². The van der Waals surface area contributed by atoms with E-state index in [1.165, 1.54) is 51.4 Å². The second-order valence-electron chi connectivity index (χ2n) is 5.50. The monoisotopic (exact) mass is 288 g/mol. The summed E-state index contributed by atoms with van der Waals surface area (Å²) >= 11 is 0. The Labute approximate surface area is 146 Å². The van der Waals surface area contributed by atoms with Gasteiger partial charge in [-0.3, -0.25) is 0 Å². The third-order valence-corrected chi connectivity index (χ3v) is 3.72. The maximum atomic E-state index is 13.8. The van der Waals surface area contributed by atoms with Crippen LogP contribution in [0.4, 0.5) is 4.39 Å². The fraction of sp³-hybridized carbons (Fsp3) is 0.667. The van der Waals surface area contributed by atoms with E-state index in [-0.39, 0.29) is 29.6 Å². The topological polar surface area (TPSA) is 0 Å². The van der Waals surface area contributed by atoms with Crippen LogP contribution in [-0.2, 0) is 0 Å². The molecule has 0 heterocycles. The van der Waals surface area contributed by atoms with E-state index in [1.807, 2.05) is 30.3 Å². The normalized spacial score (nSPS) is 11.9. The van der Waals surface area contributed by atoms with Crippen molar-refractivity contribution in [3.8, 4) is 0 Å². The number of unbranched alkanes of at least 4 members (excludes halogenated alkanes) is 8. The number of halogens is 1. The molecule has 0 N–H and O–H groups in total. The molecule has 0 fully saturated rings. The average molecular weight is 288 g/mol. The van der Waals surface area contributed by atoms with Crippen LogP contribution in [0.1, 0.15) is 82.9 Å². The van der Waals surface area contributed by atoms with Gasteiger partial charge in [0.25, 0.3) is 0 Å². The van der Waals surface area contributed by atoms with Crippen molar-refractivity contribution >= 4 is 29.6 Å². The Morgan fingerprint density at radius 2 is 1.30 bits per heavy atom. The van der Waals surface area contributed by atoms with Crippen molar-refractivity contribution in [2.24, 2.45) is 0 Å². The Morgan fingerprint density at radius 3 is 1.85 bits per heavy atom. The second kappa shape index (κ2) is 14.1. The van der Waals surface area contributed by atoms with Crippen LogP contribution >= 0.6 is 0 Å². The Balaban J connectivity index is 0.00000361. The first kappa shape index (κ1) is 20.1. The van der Waals surface area contributed by atoms with Gasteiger partial charge in [0.2, 0.25) is 0 Å². The van der Waals surface area contributed by atoms with Gasteiger partial charge in [0.05, 0.1) is 0 Å². The van der Waals surface area contributed by atoms with Gasteiger partial charge in [-0.1, -0.05) is 95.0 Å². The number of rotatable bonds is 11. The van der Waals surface area contributed by atoms with Crippen molar-refractivity contribution in [2.45, 2.75) is 77.3 Å². The van der Waals surface area contributed by atoms with E-state index >= 15 is 0 Å². The second-order valence-corrected chi connectivity index (χ2v) is 5.50. The van der Waals surface area contributed by atoms with Crippen molar-refractivity contribution in [1.29, 1.82) is 0 Å². The Kier molecular flexibility index (Phi) is 14.2. The molecule has 1 aromatic rings. The van der Waals surface area contributed by atoms with Gasteiger partial charge in [-0.2, -0.15) is 0 Å².